The highest BCUT2D eigenvalue weighted by Crippen LogP contribution is 2.37. The average molecular weight is 362 g/mol. The number of ether oxygens (including phenoxy) is 2. The van der Waals surface area contributed by atoms with E-state index in [1.165, 1.54) is 0 Å². The maximum atomic E-state index is 6.18. The minimum atomic E-state index is 0.268. The summed E-state index contributed by atoms with van der Waals surface area (Å²) in [6.07, 6.45) is 0. The maximum Gasteiger partial charge on any atom is 0.189 e. The van der Waals surface area contributed by atoms with E-state index in [0.29, 0.717) is 27.4 Å². The zero-order valence-corrected chi connectivity index (χ0v) is 14.0. The zero-order valence-electron chi connectivity index (χ0n) is 10.9. The Balaban J connectivity index is 1.85. The van der Waals surface area contributed by atoms with Gasteiger partial charge in [-0.1, -0.05) is 34.8 Å². The molecule has 2 aromatic carbocycles. The second-order valence-corrected chi connectivity index (χ2v) is 6.82. The molecule has 0 amide bonds. The second-order valence-electron chi connectivity index (χ2n) is 4.53. The monoisotopic (exact) mass is 360 g/mol. The van der Waals surface area contributed by atoms with Gasteiger partial charge in [-0.15, -0.1) is 11.8 Å². The predicted octanol–water partition coefficient (Wildman–Crippen LogP) is 5.81. The fraction of sp³-hybridized carbons (Fsp3) is 0.200. The Labute approximate surface area is 142 Å². The Morgan fingerprint density at radius 3 is 2.76 bits per heavy atom. The minimum Gasteiger partial charge on any atom is -0.467 e. The van der Waals surface area contributed by atoms with Gasteiger partial charge in [0, 0.05) is 31.8 Å². The first kappa shape index (κ1) is 15.3. The molecule has 2 aromatic rings. The molecule has 0 unspecified atom stereocenters. The van der Waals surface area contributed by atoms with Gasteiger partial charge < -0.3 is 9.47 Å². The summed E-state index contributed by atoms with van der Waals surface area (Å²) in [5.41, 5.74) is 2.00. The number of hydrogen-bond donors (Lipinski definition) is 0. The highest BCUT2D eigenvalue weighted by Gasteiger charge is 2.17. The van der Waals surface area contributed by atoms with Gasteiger partial charge in [-0.2, -0.15) is 0 Å². The summed E-state index contributed by atoms with van der Waals surface area (Å²) in [6, 6.07) is 9.21. The van der Waals surface area contributed by atoms with Crippen LogP contribution in [0.4, 0.5) is 0 Å². The summed E-state index contributed by atoms with van der Waals surface area (Å²) in [7, 11) is 0. The maximum absolute atomic E-state index is 6.18. The fourth-order valence-electron chi connectivity index (χ4n) is 2.11. The summed E-state index contributed by atoms with van der Waals surface area (Å²) in [5, 5.41) is 2.03. The molecule has 0 fully saturated rings. The number of halogens is 3. The van der Waals surface area contributed by atoms with Gasteiger partial charge in [0.2, 0.25) is 0 Å². The largest absolute Gasteiger partial charge is 0.467 e. The van der Waals surface area contributed by atoms with Gasteiger partial charge in [0.1, 0.15) is 5.75 Å². The minimum absolute atomic E-state index is 0.268. The van der Waals surface area contributed by atoms with E-state index in [0.717, 1.165) is 21.8 Å². The van der Waals surface area contributed by atoms with Crippen molar-refractivity contribution < 1.29 is 9.47 Å². The van der Waals surface area contributed by atoms with Crippen LogP contribution in [0.1, 0.15) is 11.1 Å². The molecular weight excluding hydrogens is 351 g/mol. The van der Waals surface area contributed by atoms with E-state index in [9.17, 15) is 0 Å². The van der Waals surface area contributed by atoms with Crippen molar-refractivity contribution in [3.8, 4) is 5.75 Å². The van der Waals surface area contributed by atoms with Crippen molar-refractivity contribution in [2.45, 2.75) is 17.3 Å². The number of hydrogen-bond acceptors (Lipinski definition) is 3. The summed E-state index contributed by atoms with van der Waals surface area (Å²) in [6.45, 7) is 0.787. The van der Waals surface area contributed by atoms with Crippen LogP contribution in [-0.4, -0.2) is 6.79 Å². The highest BCUT2D eigenvalue weighted by molar-refractivity contribution is 7.98. The number of fused-ring (bicyclic) bond motifs is 1. The lowest BCUT2D eigenvalue weighted by molar-refractivity contribution is -0.0168. The molecule has 0 aromatic heterocycles. The lowest BCUT2D eigenvalue weighted by Crippen LogP contribution is -2.12. The molecule has 0 N–H and O–H groups in total. The van der Waals surface area contributed by atoms with E-state index in [4.69, 9.17) is 44.3 Å². The summed E-state index contributed by atoms with van der Waals surface area (Å²) in [4.78, 5) is 0.935. The molecule has 21 heavy (non-hydrogen) atoms. The van der Waals surface area contributed by atoms with Crippen molar-refractivity contribution in [2.75, 3.05) is 6.79 Å². The summed E-state index contributed by atoms with van der Waals surface area (Å²) >= 11 is 19.9. The molecule has 0 aliphatic carbocycles. The standard InChI is InChI=1S/C15H11Cl3O2S/c16-11-1-2-13(18)14(5-11)21-7-10-4-12(17)3-9-6-19-8-20-15(9)10/h1-5H,6-8H2. The van der Waals surface area contributed by atoms with Gasteiger partial charge in [0.05, 0.1) is 11.6 Å². The van der Waals surface area contributed by atoms with Crippen molar-refractivity contribution in [3.63, 3.8) is 0 Å². The van der Waals surface area contributed by atoms with Crippen molar-refractivity contribution in [3.05, 3.63) is 56.5 Å². The van der Waals surface area contributed by atoms with Crippen molar-refractivity contribution >= 4 is 46.6 Å². The van der Waals surface area contributed by atoms with E-state index in [1.807, 2.05) is 18.2 Å². The summed E-state index contributed by atoms with van der Waals surface area (Å²) in [5.74, 6) is 1.56. The quantitative estimate of drug-likeness (QED) is 0.643. The van der Waals surface area contributed by atoms with E-state index in [-0.39, 0.29) is 6.79 Å². The van der Waals surface area contributed by atoms with Crippen LogP contribution in [0.3, 0.4) is 0 Å². The molecule has 0 saturated carbocycles. The third kappa shape index (κ3) is 3.61. The van der Waals surface area contributed by atoms with Gasteiger partial charge in [0.25, 0.3) is 0 Å². The van der Waals surface area contributed by atoms with Crippen molar-refractivity contribution in [1.29, 1.82) is 0 Å². The second kappa shape index (κ2) is 6.67. The number of rotatable bonds is 3. The normalized spacial score (nSPS) is 13.7. The Morgan fingerprint density at radius 2 is 1.90 bits per heavy atom. The lowest BCUT2D eigenvalue weighted by Gasteiger charge is -2.21. The molecule has 0 bridgehead atoms. The average Bonchev–Trinajstić information content (AvgIpc) is 2.47. The van der Waals surface area contributed by atoms with Gasteiger partial charge in [-0.3, -0.25) is 0 Å². The zero-order chi connectivity index (χ0) is 14.8. The lowest BCUT2D eigenvalue weighted by atomic mass is 10.1. The molecule has 0 atom stereocenters. The highest BCUT2D eigenvalue weighted by atomic mass is 35.5. The molecule has 1 aliphatic heterocycles. The third-order valence-corrected chi connectivity index (χ3v) is 5.03. The third-order valence-electron chi connectivity index (χ3n) is 3.03. The van der Waals surface area contributed by atoms with Crippen LogP contribution in [0.15, 0.2) is 35.2 Å². The Bertz CT molecular complexity index is 676. The molecule has 2 nitrogen and oxygen atoms in total. The first-order valence-corrected chi connectivity index (χ1v) is 8.35. The Kier molecular flexibility index (Phi) is 4.87. The molecule has 1 heterocycles. The van der Waals surface area contributed by atoms with E-state index < -0.39 is 0 Å². The molecule has 0 radical (unpaired) electrons. The molecule has 0 spiro atoms. The van der Waals surface area contributed by atoms with Crippen LogP contribution in [0, 0.1) is 0 Å². The molecule has 1 aliphatic rings. The van der Waals surface area contributed by atoms with Gasteiger partial charge in [-0.05, 0) is 30.3 Å². The number of benzene rings is 2. The van der Waals surface area contributed by atoms with Crippen LogP contribution in [0.5, 0.6) is 5.75 Å². The first-order chi connectivity index (χ1) is 10.1. The van der Waals surface area contributed by atoms with Crippen LogP contribution < -0.4 is 4.74 Å². The van der Waals surface area contributed by atoms with Crippen LogP contribution in [0.2, 0.25) is 15.1 Å². The molecule has 110 valence electrons. The van der Waals surface area contributed by atoms with E-state index >= 15 is 0 Å². The Hall–Kier alpha value is -0.580. The molecule has 6 heteroatoms. The summed E-state index contributed by atoms with van der Waals surface area (Å²) < 4.78 is 10.9. The smallest absolute Gasteiger partial charge is 0.189 e. The van der Waals surface area contributed by atoms with E-state index in [1.54, 1.807) is 23.9 Å². The van der Waals surface area contributed by atoms with Crippen molar-refractivity contribution in [1.82, 2.24) is 0 Å². The first-order valence-electron chi connectivity index (χ1n) is 6.23. The fourth-order valence-corrected chi connectivity index (χ4v) is 3.83. The van der Waals surface area contributed by atoms with Crippen molar-refractivity contribution in [2.24, 2.45) is 0 Å². The molecule has 3 rings (SSSR count). The van der Waals surface area contributed by atoms with Gasteiger partial charge >= 0.3 is 0 Å². The predicted molar refractivity (Wildman–Crippen MR) is 87.8 cm³/mol. The van der Waals surface area contributed by atoms with Gasteiger partial charge in [-0.25, -0.2) is 0 Å². The van der Waals surface area contributed by atoms with Crippen LogP contribution >= 0.6 is 46.6 Å². The Morgan fingerprint density at radius 1 is 1.05 bits per heavy atom. The molecular formula is C15H11Cl3O2S. The van der Waals surface area contributed by atoms with Crippen LogP contribution in [0.25, 0.3) is 0 Å². The van der Waals surface area contributed by atoms with E-state index in [2.05, 4.69) is 0 Å². The number of thioether (sulfide) groups is 1. The van der Waals surface area contributed by atoms with Gasteiger partial charge in [0.15, 0.2) is 6.79 Å². The topological polar surface area (TPSA) is 18.5 Å². The van der Waals surface area contributed by atoms with Crippen LogP contribution in [-0.2, 0) is 17.1 Å². The molecule has 0 saturated heterocycles. The SMILES string of the molecule is Clc1cc2c(c(CSc3cc(Cl)ccc3Cl)c1)OCOC2.